The summed E-state index contributed by atoms with van der Waals surface area (Å²) in [6.45, 7) is 2.08. The van der Waals surface area contributed by atoms with Crippen LogP contribution in [0.1, 0.15) is 25.7 Å². The molecule has 0 spiro atoms. The number of methoxy groups -OCH3 is 1. The van der Waals surface area contributed by atoms with Crippen LogP contribution in [0.4, 0.5) is 0 Å². The third-order valence-corrected chi connectivity index (χ3v) is 3.59. The van der Waals surface area contributed by atoms with Gasteiger partial charge in [-0.15, -0.1) is 0 Å². The predicted octanol–water partition coefficient (Wildman–Crippen LogP) is 0.329. The number of amides is 2. The third-order valence-electron chi connectivity index (χ3n) is 3.59. The second-order valence-electron chi connectivity index (χ2n) is 5.21. The monoisotopic (exact) mass is 270 g/mol. The molecule has 1 atom stereocenters. The summed E-state index contributed by atoms with van der Waals surface area (Å²) in [5.74, 6) is 0.154. The molecule has 108 valence electrons. The van der Waals surface area contributed by atoms with Gasteiger partial charge in [-0.1, -0.05) is 0 Å². The Hall–Kier alpha value is -1.14. The van der Waals surface area contributed by atoms with Crippen LogP contribution in [0.2, 0.25) is 0 Å². The predicted molar refractivity (Wildman–Crippen MR) is 68.0 cm³/mol. The fourth-order valence-corrected chi connectivity index (χ4v) is 2.31. The van der Waals surface area contributed by atoms with Gasteiger partial charge in [-0.05, 0) is 25.7 Å². The third kappa shape index (κ3) is 4.18. The smallest absolute Gasteiger partial charge is 0.248 e. The summed E-state index contributed by atoms with van der Waals surface area (Å²) >= 11 is 0. The van der Waals surface area contributed by atoms with E-state index < -0.39 is 0 Å². The molecule has 2 amide bonds. The summed E-state index contributed by atoms with van der Waals surface area (Å²) in [7, 11) is 1.58. The van der Waals surface area contributed by atoms with Crippen molar-refractivity contribution in [3.63, 3.8) is 0 Å². The summed E-state index contributed by atoms with van der Waals surface area (Å²) in [6, 6.07) is 0. The highest BCUT2D eigenvalue weighted by molar-refractivity contribution is 5.83. The van der Waals surface area contributed by atoms with Gasteiger partial charge in [0, 0.05) is 26.1 Å². The molecular weight excluding hydrogens is 248 g/mol. The molecule has 1 saturated carbocycles. The second-order valence-corrected chi connectivity index (χ2v) is 5.21. The van der Waals surface area contributed by atoms with Gasteiger partial charge >= 0.3 is 0 Å². The minimum atomic E-state index is -0.154. The van der Waals surface area contributed by atoms with Crippen molar-refractivity contribution in [1.82, 2.24) is 10.4 Å². The van der Waals surface area contributed by atoms with Crippen molar-refractivity contribution < 1.29 is 19.2 Å². The molecule has 0 aromatic heterocycles. The van der Waals surface area contributed by atoms with E-state index in [4.69, 9.17) is 9.57 Å². The molecule has 2 aliphatic rings. The van der Waals surface area contributed by atoms with E-state index in [1.807, 2.05) is 4.90 Å². The van der Waals surface area contributed by atoms with E-state index in [1.54, 1.807) is 7.11 Å². The number of carbonyl (C=O) groups excluding carboxylic acids is 2. The normalized spacial score (nSPS) is 23.2. The van der Waals surface area contributed by atoms with Crippen LogP contribution in [-0.4, -0.2) is 50.1 Å². The Balaban J connectivity index is 1.73. The van der Waals surface area contributed by atoms with Crippen molar-refractivity contribution in [2.45, 2.75) is 25.7 Å². The number of hydroxylamine groups is 1. The van der Waals surface area contributed by atoms with Crippen LogP contribution in [0.5, 0.6) is 0 Å². The molecule has 0 aromatic carbocycles. The first kappa shape index (κ1) is 14.3. The van der Waals surface area contributed by atoms with Crippen LogP contribution in [0, 0.1) is 11.8 Å². The topological polar surface area (TPSA) is 67.9 Å². The number of ether oxygens (including phenoxy) is 1. The minimum Gasteiger partial charge on any atom is -0.382 e. The van der Waals surface area contributed by atoms with Crippen LogP contribution in [0.25, 0.3) is 0 Å². The molecule has 1 unspecified atom stereocenters. The van der Waals surface area contributed by atoms with Gasteiger partial charge in [-0.3, -0.25) is 14.4 Å². The number of nitrogens with one attached hydrogen (secondary N) is 1. The molecule has 19 heavy (non-hydrogen) atoms. The lowest BCUT2D eigenvalue weighted by Crippen LogP contribution is -2.46. The van der Waals surface area contributed by atoms with Gasteiger partial charge < -0.3 is 9.64 Å². The maximum Gasteiger partial charge on any atom is 0.248 e. The fraction of sp³-hybridized carbons (Fsp3) is 0.846. The first-order chi connectivity index (χ1) is 9.22. The molecule has 0 aromatic rings. The maximum atomic E-state index is 12.0. The lowest BCUT2D eigenvalue weighted by molar-refractivity contribution is -0.143. The maximum absolute atomic E-state index is 12.0. The van der Waals surface area contributed by atoms with Crippen LogP contribution in [0.3, 0.4) is 0 Å². The zero-order valence-corrected chi connectivity index (χ0v) is 11.4. The van der Waals surface area contributed by atoms with Gasteiger partial charge in [0.2, 0.25) is 11.8 Å². The van der Waals surface area contributed by atoms with E-state index in [2.05, 4.69) is 5.48 Å². The van der Waals surface area contributed by atoms with E-state index in [9.17, 15) is 9.59 Å². The Morgan fingerprint density at radius 3 is 2.68 bits per heavy atom. The number of likely N-dealkylation sites (tertiary alicyclic amines) is 1. The number of nitrogens with zero attached hydrogens (tertiary/aromatic N) is 1. The Labute approximate surface area is 113 Å². The first-order valence-corrected chi connectivity index (χ1v) is 6.91. The van der Waals surface area contributed by atoms with Gasteiger partial charge in [0.25, 0.3) is 0 Å². The summed E-state index contributed by atoms with van der Waals surface area (Å²) in [4.78, 5) is 30.7. The van der Waals surface area contributed by atoms with E-state index in [0.717, 1.165) is 32.2 Å². The lowest BCUT2D eigenvalue weighted by Gasteiger charge is -2.32. The van der Waals surface area contributed by atoms with Crippen molar-refractivity contribution in [1.29, 1.82) is 0 Å². The average molecular weight is 270 g/mol. The van der Waals surface area contributed by atoms with E-state index in [-0.39, 0.29) is 23.7 Å². The highest BCUT2D eigenvalue weighted by Crippen LogP contribution is 2.32. The molecule has 1 aliphatic heterocycles. The van der Waals surface area contributed by atoms with Gasteiger partial charge in [0.15, 0.2) is 0 Å². The van der Waals surface area contributed by atoms with Gasteiger partial charge in [0.1, 0.15) is 0 Å². The van der Waals surface area contributed by atoms with Gasteiger partial charge in [0.05, 0.1) is 19.1 Å². The Morgan fingerprint density at radius 1 is 1.21 bits per heavy atom. The molecule has 0 radical (unpaired) electrons. The molecule has 0 bridgehead atoms. The summed E-state index contributed by atoms with van der Waals surface area (Å²) in [5, 5.41) is 0. The van der Waals surface area contributed by atoms with Crippen molar-refractivity contribution >= 4 is 11.8 Å². The van der Waals surface area contributed by atoms with E-state index in [1.165, 1.54) is 0 Å². The first-order valence-electron chi connectivity index (χ1n) is 6.91. The van der Waals surface area contributed by atoms with Crippen molar-refractivity contribution in [2.75, 3.05) is 33.4 Å². The SMILES string of the molecule is COCCONC(=O)C1CCCN(C(=O)C2CC2)C1. The molecule has 1 saturated heterocycles. The summed E-state index contributed by atoms with van der Waals surface area (Å²) in [5.41, 5.74) is 2.43. The number of rotatable bonds is 6. The van der Waals surface area contributed by atoms with Crippen molar-refractivity contribution in [3.05, 3.63) is 0 Å². The van der Waals surface area contributed by atoms with Crippen LogP contribution >= 0.6 is 0 Å². The van der Waals surface area contributed by atoms with Gasteiger partial charge in [-0.2, -0.15) is 0 Å². The zero-order valence-electron chi connectivity index (χ0n) is 11.4. The highest BCUT2D eigenvalue weighted by atomic mass is 16.7. The molecular formula is C13H22N2O4. The Morgan fingerprint density at radius 2 is 2.00 bits per heavy atom. The van der Waals surface area contributed by atoms with Gasteiger partial charge in [-0.25, -0.2) is 5.48 Å². The average Bonchev–Trinajstić information content (AvgIpc) is 3.27. The Bertz CT molecular complexity index is 331. The van der Waals surface area contributed by atoms with Crippen LogP contribution in [0.15, 0.2) is 0 Å². The standard InChI is InChI=1S/C13H22N2O4/c1-18-7-8-19-14-12(16)11-3-2-6-15(9-11)13(17)10-4-5-10/h10-11H,2-9H2,1H3,(H,14,16). The molecule has 6 nitrogen and oxygen atoms in total. The second kappa shape index (κ2) is 6.86. The fourth-order valence-electron chi connectivity index (χ4n) is 2.31. The summed E-state index contributed by atoms with van der Waals surface area (Å²) < 4.78 is 4.82. The number of hydrogen-bond acceptors (Lipinski definition) is 4. The molecule has 1 heterocycles. The largest absolute Gasteiger partial charge is 0.382 e. The van der Waals surface area contributed by atoms with Crippen LogP contribution in [-0.2, 0) is 19.2 Å². The molecule has 6 heteroatoms. The summed E-state index contributed by atoms with van der Waals surface area (Å²) in [6.07, 6.45) is 3.71. The lowest BCUT2D eigenvalue weighted by atomic mass is 9.97. The zero-order chi connectivity index (χ0) is 13.7. The molecule has 1 N–H and O–H groups in total. The van der Waals surface area contributed by atoms with Crippen molar-refractivity contribution in [3.8, 4) is 0 Å². The number of piperidine rings is 1. The quantitative estimate of drug-likeness (QED) is 0.558. The molecule has 2 rings (SSSR count). The van der Waals surface area contributed by atoms with E-state index in [0.29, 0.717) is 19.8 Å². The highest BCUT2D eigenvalue weighted by Gasteiger charge is 2.36. The minimum absolute atomic E-state index is 0.135. The Kier molecular flexibility index (Phi) is 5.15. The van der Waals surface area contributed by atoms with Crippen molar-refractivity contribution in [2.24, 2.45) is 11.8 Å². The molecule has 1 aliphatic carbocycles. The number of hydrogen-bond donors (Lipinski definition) is 1. The number of carbonyl (C=O) groups is 2. The van der Waals surface area contributed by atoms with E-state index >= 15 is 0 Å². The molecule has 2 fully saturated rings. The van der Waals surface area contributed by atoms with Crippen LogP contribution < -0.4 is 5.48 Å².